The number of fused-ring (bicyclic) bond motifs is 1. The molecule has 6 nitrogen and oxygen atoms in total. The Labute approximate surface area is 200 Å². The molecule has 178 valence electrons. The summed E-state index contributed by atoms with van der Waals surface area (Å²) in [5.74, 6) is 2.42. The van der Waals surface area contributed by atoms with Gasteiger partial charge in [0.25, 0.3) is 0 Å². The molecular weight excluding hydrogens is 430 g/mol. The summed E-state index contributed by atoms with van der Waals surface area (Å²) in [6.07, 6.45) is 0.231. The molecule has 3 N–H and O–H groups in total. The van der Waals surface area contributed by atoms with Crippen molar-refractivity contribution in [1.29, 1.82) is 0 Å². The molecule has 1 aliphatic heterocycles. The van der Waals surface area contributed by atoms with Crippen molar-refractivity contribution in [1.82, 2.24) is 5.32 Å². The second-order valence-corrected chi connectivity index (χ2v) is 8.12. The van der Waals surface area contributed by atoms with Crippen molar-refractivity contribution in [2.75, 3.05) is 26.5 Å². The zero-order valence-corrected chi connectivity index (χ0v) is 19.6. The van der Waals surface area contributed by atoms with Gasteiger partial charge in [0, 0.05) is 6.54 Å². The molecule has 1 atom stereocenters. The van der Waals surface area contributed by atoms with Crippen LogP contribution in [0, 0.1) is 0 Å². The monoisotopic (exact) mass is 461 g/mol. The first-order valence-corrected chi connectivity index (χ1v) is 11.6. The van der Waals surface area contributed by atoms with Gasteiger partial charge in [0.2, 0.25) is 6.79 Å². The van der Waals surface area contributed by atoms with Crippen LogP contribution in [0.1, 0.15) is 37.0 Å². The zero-order chi connectivity index (χ0) is 23.9. The molecule has 0 fully saturated rings. The van der Waals surface area contributed by atoms with Gasteiger partial charge in [-0.25, -0.2) is 0 Å². The van der Waals surface area contributed by atoms with Gasteiger partial charge in [-0.3, -0.25) is 0 Å². The third-order valence-corrected chi connectivity index (χ3v) is 5.75. The number of ether oxygens (including phenoxy) is 3. The second kappa shape index (κ2) is 11.1. The zero-order valence-electron chi connectivity index (χ0n) is 19.6. The lowest BCUT2D eigenvalue weighted by molar-refractivity contribution is 0.107. The Hall–Kier alpha value is -3.48. The van der Waals surface area contributed by atoms with Crippen molar-refractivity contribution in [3.63, 3.8) is 0 Å². The average molecular weight is 462 g/mol. The van der Waals surface area contributed by atoms with Gasteiger partial charge in [0.15, 0.2) is 11.5 Å². The highest BCUT2D eigenvalue weighted by Crippen LogP contribution is 2.40. The van der Waals surface area contributed by atoms with E-state index in [2.05, 4.69) is 18.3 Å². The summed E-state index contributed by atoms with van der Waals surface area (Å²) < 4.78 is 16.9. The summed E-state index contributed by atoms with van der Waals surface area (Å²) in [5, 5.41) is 23.0. The number of likely N-dealkylation sites (N-methyl/N-ethyl adjacent to an activating group) is 1. The molecule has 3 aromatic rings. The number of aliphatic hydroxyl groups is 1. The molecular formula is C28H31NO5. The average Bonchev–Trinajstić information content (AvgIpc) is 3.34. The smallest absolute Gasteiger partial charge is 0.231 e. The summed E-state index contributed by atoms with van der Waals surface area (Å²) in [7, 11) is 0. The third-order valence-electron chi connectivity index (χ3n) is 5.75. The minimum Gasteiger partial charge on any atom is -0.508 e. The number of benzene rings is 3. The largest absolute Gasteiger partial charge is 0.508 e. The highest BCUT2D eigenvalue weighted by Gasteiger charge is 2.18. The van der Waals surface area contributed by atoms with Crippen molar-refractivity contribution < 1.29 is 24.4 Å². The summed E-state index contributed by atoms with van der Waals surface area (Å²) >= 11 is 0. The molecule has 3 aromatic carbocycles. The number of aromatic hydroxyl groups is 1. The minimum atomic E-state index is -0.565. The summed E-state index contributed by atoms with van der Waals surface area (Å²) in [6, 6.07) is 21.2. The van der Waals surface area contributed by atoms with E-state index in [1.165, 1.54) is 0 Å². The molecule has 1 heterocycles. The highest BCUT2D eigenvalue weighted by molar-refractivity contribution is 5.99. The molecule has 6 heteroatoms. The maximum Gasteiger partial charge on any atom is 0.231 e. The first-order chi connectivity index (χ1) is 16.6. The van der Waals surface area contributed by atoms with Crippen LogP contribution >= 0.6 is 0 Å². The van der Waals surface area contributed by atoms with E-state index in [4.69, 9.17) is 14.2 Å². The Kier molecular flexibility index (Phi) is 7.72. The highest BCUT2D eigenvalue weighted by atomic mass is 16.7. The number of aliphatic hydroxyl groups excluding tert-OH is 1. The molecule has 4 rings (SSSR count). The molecule has 0 amide bonds. The van der Waals surface area contributed by atoms with Gasteiger partial charge < -0.3 is 29.7 Å². The molecule has 0 aromatic heterocycles. The van der Waals surface area contributed by atoms with Gasteiger partial charge in [0.05, 0.1) is 0 Å². The molecule has 0 radical (unpaired) electrons. The van der Waals surface area contributed by atoms with Crippen molar-refractivity contribution in [2.45, 2.75) is 26.4 Å². The van der Waals surface area contributed by atoms with Gasteiger partial charge in [-0.15, -0.1) is 0 Å². The maximum atomic E-state index is 10.0. The standard InChI is InChI=1S/C28H31NO5/c1-3-25(21-9-14-26-27(15-21)34-18-33-26)28(19-5-10-22(30)11-6-19)20-7-12-24(13-8-20)32-17-23(31)16-29-4-2/h5-15,23,29-31H,3-4,16-18H2,1-2H3/b28-25-. The SMILES string of the molecule is CCNCC(O)COc1ccc(/C(=C(/CC)c2ccc3c(c2)OCO3)c2ccc(O)cc2)cc1. The molecule has 0 bridgehead atoms. The Morgan fingerprint density at radius 1 is 0.912 bits per heavy atom. The van der Waals surface area contributed by atoms with Gasteiger partial charge in [0.1, 0.15) is 24.2 Å². The minimum absolute atomic E-state index is 0.226. The van der Waals surface area contributed by atoms with Gasteiger partial charge in [-0.2, -0.15) is 0 Å². The number of phenolic OH excluding ortho intramolecular Hbond substituents is 1. The van der Waals surface area contributed by atoms with E-state index in [1.807, 2.05) is 55.5 Å². The van der Waals surface area contributed by atoms with Crippen LogP contribution in [0.5, 0.6) is 23.0 Å². The van der Waals surface area contributed by atoms with E-state index in [-0.39, 0.29) is 19.1 Å². The van der Waals surface area contributed by atoms with E-state index in [0.29, 0.717) is 12.3 Å². The fourth-order valence-corrected chi connectivity index (χ4v) is 4.03. The first-order valence-electron chi connectivity index (χ1n) is 11.6. The second-order valence-electron chi connectivity index (χ2n) is 8.12. The summed E-state index contributed by atoms with van der Waals surface area (Å²) in [6.45, 7) is 5.89. The van der Waals surface area contributed by atoms with E-state index in [9.17, 15) is 10.2 Å². The lowest BCUT2D eigenvalue weighted by atomic mass is 9.88. The van der Waals surface area contributed by atoms with Crippen LogP contribution in [0.25, 0.3) is 11.1 Å². The van der Waals surface area contributed by atoms with Gasteiger partial charge in [-0.1, -0.05) is 44.2 Å². The Balaban J connectivity index is 1.68. The topological polar surface area (TPSA) is 80.2 Å². The Bertz CT molecular complexity index is 1120. The van der Waals surface area contributed by atoms with Crippen LogP contribution in [0.3, 0.4) is 0 Å². The quantitative estimate of drug-likeness (QED) is 0.375. The van der Waals surface area contributed by atoms with E-state index < -0.39 is 6.10 Å². The van der Waals surface area contributed by atoms with Crippen LogP contribution in [0.2, 0.25) is 0 Å². The fourth-order valence-electron chi connectivity index (χ4n) is 4.03. The normalized spacial score (nSPS) is 14.0. The lowest BCUT2D eigenvalue weighted by Gasteiger charge is -2.18. The predicted octanol–water partition coefficient (Wildman–Crippen LogP) is 4.84. The maximum absolute atomic E-state index is 10.0. The fraction of sp³-hybridized carbons (Fsp3) is 0.286. The van der Waals surface area contributed by atoms with Crippen molar-refractivity contribution in [3.05, 3.63) is 83.4 Å². The first kappa shape index (κ1) is 23.7. The predicted molar refractivity (Wildman–Crippen MR) is 133 cm³/mol. The van der Waals surface area contributed by atoms with Crippen molar-refractivity contribution in [2.24, 2.45) is 0 Å². The summed E-state index contributed by atoms with van der Waals surface area (Å²) in [5.41, 5.74) is 5.31. The number of rotatable bonds is 10. The third kappa shape index (κ3) is 5.53. The van der Waals surface area contributed by atoms with E-state index in [0.717, 1.165) is 52.3 Å². The van der Waals surface area contributed by atoms with Gasteiger partial charge in [-0.05, 0) is 77.2 Å². The lowest BCUT2D eigenvalue weighted by Crippen LogP contribution is -2.31. The number of hydrogen-bond donors (Lipinski definition) is 3. The molecule has 1 aliphatic rings. The van der Waals surface area contributed by atoms with Gasteiger partial charge >= 0.3 is 0 Å². The molecule has 1 unspecified atom stereocenters. The number of nitrogens with one attached hydrogen (secondary N) is 1. The number of phenols is 1. The van der Waals surface area contributed by atoms with Crippen LogP contribution in [-0.4, -0.2) is 42.8 Å². The van der Waals surface area contributed by atoms with E-state index in [1.54, 1.807) is 12.1 Å². The number of hydrogen-bond acceptors (Lipinski definition) is 6. The van der Waals surface area contributed by atoms with Crippen LogP contribution in [0.15, 0.2) is 66.7 Å². The van der Waals surface area contributed by atoms with Crippen LogP contribution in [-0.2, 0) is 0 Å². The molecule has 0 spiro atoms. The van der Waals surface area contributed by atoms with Crippen molar-refractivity contribution >= 4 is 11.1 Å². The molecule has 0 saturated heterocycles. The summed E-state index contributed by atoms with van der Waals surface area (Å²) in [4.78, 5) is 0. The Morgan fingerprint density at radius 3 is 2.24 bits per heavy atom. The molecule has 0 saturated carbocycles. The Morgan fingerprint density at radius 2 is 1.56 bits per heavy atom. The van der Waals surface area contributed by atoms with Crippen LogP contribution in [0.4, 0.5) is 0 Å². The number of allylic oxidation sites excluding steroid dienone is 1. The molecule has 0 aliphatic carbocycles. The van der Waals surface area contributed by atoms with Crippen LogP contribution < -0.4 is 19.5 Å². The van der Waals surface area contributed by atoms with Crippen molar-refractivity contribution in [3.8, 4) is 23.0 Å². The molecule has 34 heavy (non-hydrogen) atoms. The van der Waals surface area contributed by atoms with E-state index >= 15 is 0 Å².